The number of aryl methyl sites for hydroxylation is 1. The van der Waals surface area contributed by atoms with E-state index in [0.717, 1.165) is 11.3 Å². The fraction of sp³-hybridized carbons (Fsp3) is 0.176. The summed E-state index contributed by atoms with van der Waals surface area (Å²) in [6.45, 7) is 3.51. The van der Waals surface area contributed by atoms with Gasteiger partial charge in [-0.1, -0.05) is 30.3 Å². The molecule has 0 radical (unpaired) electrons. The van der Waals surface area contributed by atoms with Gasteiger partial charge < -0.3 is 10.4 Å². The van der Waals surface area contributed by atoms with Crippen molar-refractivity contribution in [2.75, 3.05) is 5.32 Å². The van der Waals surface area contributed by atoms with E-state index in [1.54, 1.807) is 31.3 Å². The number of carbonyl (C=O) groups is 1. The molecule has 0 heterocycles. The van der Waals surface area contributed by atoms with Crippen molar-refractivity contribution in [3.8, 4) is 0 Å². The Morgan fingerprint density at radius 2 is 2.00 bits per heavy atom. The van der Waals surface area contributed by atoms with Gasteiger partial charge in [-0.05, 0) is 37.1 Å². The van der Waals surface area contributed by atoms with E-state index < -0.39 is 0 Å². The van der Waals surface area contributed by atoms with Crippen LogP contribution in [0, 0.1) is 6.92 Å². The van der Waals surface area contributed by atoms with Gasteiger partial charge in [0.05, 0.1) is 17.9 Å². The fourth-order valence-corrected chi connectivity index (χ4v) is 2.13. The van der Waals surface area contributed by atoms with E-state index >= 15 is 0 Å². The molecule has 0 aliphatic carbocycles. The Bertz CT molecular complexity index is 678. The van der Waals surface area contributed by atoms with Crippen molar-refractivity contribution in [3.05, 3.63) is 59.2 Å². The molecule has 0 saturated carbocycles. The van der Waals surface area contributed by atoms with Crippen LogP contribution in [0.2, 0.25) is 0 Å². The number of para-hydroxylation sites is 1. The van der Waals surface area contributed by atoms with Crippen LogP contribution in [-0.2, 0) is 6.61 Å². The van der Waals surface area contributed by atoms with Crippen LogP contribution in [0.5, 0.6) is 0 Å². The summed E-state index contributed by atoms with van der Waals surface area (Å²) in [5.41, 5.74) is 3.25. The first-order chi connectivity index (χ1) is 10.2. The molecule has 0 saturated heterocycles. The Kier molecular flexibility index (Phi) is 4.85. The molecule has 0 bridgehead atoms. The maximum Gasteiger partial charge on any atom is 0.258 e. The standard InChI is InChI=1S/C17H18N2O2/c1-3-18-15-10-6-8-13(11-20)16(15)17(21)19-14-9-5-4-7-12(14)2/h3-10,20H,11H2,1-2H3,(H,19,21)/b18-3+. The lowest BCUT2D eigenvalue weighted by atomic mass is 10.0. The number of aliphatic hydroxyl groups excluding tert-OH is 1. The number of aliphatic imine (C=N–C) groups is 1. The van der Waals surface area contributed by atoms with E-state index in [4.69, 9.17) is 0 Å². The van der Waals surface area contributed by atoms with Crippen LogP contribution in [0.4, 0.5) is 11.4 Å². The van der Waals surface area contributed by atoms with Crippen molar-refractivity contribution >= 4 is 23.5 Å². The summed E-state index contributed by atoms with van der Waals surface area (Å²) in [4.78, 5) is 16.7. The van der Waals surface area contributed by atoms with Gasteiger partial charge in [0.2, 0.25) is 0 Å². The highest BCUT2D eigenvalue weighted by atomic mass is 16.3. The van der Waals surface area contributed by atoms with E-state index in [9.17, 15) is 9.90 Å². The van der Waals surface area contributed by atoms with E-state index in [2.05, 4.69) is 10.3 Å². The number of hydrogen-bond acceptors (Lipinski definition) is 3. The zero-order valence-corrected chi connectivity index (χ0v) is 12.1. The molecule has 2 aromatic carbocycles. The lowest BCUT2D eigenvalue weighted by Gasteiger charge is -2.12. The van der Waals surface area contributed by atoms with Gasteiger partial charge in [0.25, 0.3) is 5.91 Å². The molecule has 4 nitrogen and oxygen atoms in total. The highest BCUT2D eigenvalue weighted by Gasteiger charge is 2.16. The summed E-state index contributed by atoms with van der Waals surface area (Å²) >= 11 is 0. The highest BCUT2D eigenvalue weighted by molar-refractivity contribution is 6.09. The second kappa shape index (κ2) is 6.81. The van der Waals surface area contributed by atoms with Crippen molar-refractivity contribution < 1.29 is 9.90 Å². The molecule has 1 amide bonds. The van der Waals surface area contributed by atoms with Gasteiger partial charge in [-0.3, -0.25) is 9.79 Å². The average Bonchev–Trinajstić information content (AvgIpc) is 2.49. The summed E-state index contributed by atoms with van der Waals surface area (Å²) in [7, 11) is 0. The van der Waals surface area contributed by atoms with Gasteiger partial charge in [0.15, 0.2) is 0 Å². The SMILES string of the molecule is C/C=N/c1cccc(CO)c1C(=O)Nc1ccccc1C. The van der Waals surface area contributed by atoms with Gasteiger partial charge in [0.1, 0.15) is 0 Å². The van der Waals surface area contributed by atoms with Crippen molar-refractivity contribution in [2.24, 2.45) is 4.99 Å². The molecule has 0 aliphatic heterocycles. The van der Waals surface area contributed by atoms with E-state index in [1.807, 2.05) is 31.2 Å². The van der Waals surface area contributed by atoms with Crippen molar-refractivity contribution in [3.63, 3.8) is 0 Å². The highest BCUT2D eigenvalue weighted by Crippen LogP contribution is 2.25. The Labute approximate surface area is 124 Å². The monoisotopic (exact) mass is 282 g/mol. The lowest BCUT2D eigenvalue weighted by molar-refractivity contribution is 0.102. The second-order valence-corrected chi connectivity index (χ2v) is 4.63. The molecule has 4 heteroatoms. The summed E-state index contributed by atoms with van der Waals surface area (Å²) in [5, 5.41) is 12.3. The van der Waals surface area contributed by atoms with Gasteiger partial charge in [-0.15, -0.1) is 0 Å². The first-order valence-electron chi connectivity index (χ1n) is 6.75. The van der Waals surface area contributed by atoms with Crippen LogP contribution in [-0.4, -0.2) is 17.2 Å². The maximum absolute atomic E-state index is 12.5. The first kappa shape index (κ1) is 14.9. The third-order valence-corrected chi connectivity index (χ3v) is 3.19. The van der Waals surface area contributed by atoms with Crippen molar-refractivity contribution in [1.82, 2.24) is 0 Å². The summed E-state index contributed by atoms with van der Waals surface area (Å²) in [5.74, 6) is -0.269. The average molecular weight is 282 g/mol. The molecule has 0 aromatic heterocycles. The third-order valence-electron chi connectivity index (χ3n) is 3.19. The quantitative estimate of drug-likeness (QED) is 0.844. The normalized spacial score (nSPS) is 10.8. The summed E-state index contributed by atoms with van der Waals surface area (Å²) < 4.78 is 0. The van der Waals surface area contributed by atoms with Crippen LogP contribution in [0.15, 0.2) is 47.5 Å². The minimum atomic E-state index is -0.269. The van der Waals surface area contributed by atoms with Crippen molar-refractivity contribution in [1.29, 1.82) is 0 Å². The van der Waals surface area contributed by atoms with E-state index in [0.29, 0.717) is 16.8 Å². The predicted molar refractivity (Wildman–Crippen MR) is 85.3 cm³/mol. The molecule has 0 unspecified atom stereocenters. The molecular formula is C17H18N2O2. The number of nitrogens with one attached hydrogen (secondary N) is 1. The Hall–Kier alpha value is -2.46. The smallest absolute Gasteiger partial charge is 0.258 e. The lowest BCUT2D eigenvalue weighted by Crippen LogP contribution is -2.15. The molecule has 0 atom stereocenters. The van der Waals surface area contributed by atoms with Crippen molar-refractivity contribution in [2.45, 2.75) is 20.5 Å². The van der Waals surface area contributed by atoms with Gasteiger partial charge >= 0.3 is 0 Å². The molecule has 0 spiro atoms. The molecule has 0 fully saturated rings. The number of aliphatic hydroxyl groups is 1. The molecule has 2 rings (SSSR count). The molecule has 21 heavy (non-hydrogen) atoms. The van der Waals surface area contributed by atoms with E-state index in [-0.39, 0.29) is 12.5 Å². The van der Waals surface area contributed by atoms with Gasteiger partial charge in [0, 0.05) is 11.9 Å². The number of benzene rings is 2. The minimum Gasteiger partial charge on any atom is -0.392 e. The third kappa shape index (κ3) is 3.35. The maximum atomic E-state index is 12.5. The summed E-state index contributed by atoms with van der Waals surface area (Å²) in [6, 6.07) is 12.8. The molecule has 108 valence electrons. The van der Waals surface area contributed by atoms with Crippen LogP contribution in [0.1, 0.15) is 28.4 Å². The summed E-state index contributed by atoms with van der Waals surface area (Å²) in [6.07, 6.45) is 1.63. The fourth-order valence-electron chi connectivity index (χ4n) is 2.13. The molecule has 2 N–H and O–H groups in total. The number of hydrogen-bond donors (Lipinski definition) is 2. The molecule has 0 aliphatic rings. The number of anilines is 1. The number of amides is 1. The zero-order valence-electron chi connectivity index (χ0n) is 12.1. The molecule has 2 aromatic rings. The number of nitrogens with zero attached hydrogens (tertiary/aromatic N) is 1. The first-order valence-corrected chi connectivity index (χ1v) is 6.75. The van der Waals surface area contributed by atoms with Crippen LogP contribution in [0.25, 0.3) is 0 Å². The van der Waals surface area contributed by atoms with Crippen LogP contribution < -0.4 is 5.32 Å². The van der Waals surface area contributed by atoms with Crippen LogP contribution >= 0.6 is 0 Å². The van der Waals surface area contributed by atoms with Crippen LogP contribution in [0.3, 0.4) is 0 Å². The Morgan fingerprint density at radius 3 is 2.67 bits per heavy atom. The largest absolute Gasteiger partial charge is 0.392 e. The Balaban J connectivity index is 2.41. The molecular weight excluding hydrogens is 264 g/mol. The minimum absolute atomic E-state index is 0.205. The predicted octanol–water partition coefficient (Wildman–Crippen LogP) is 3.46. The zero-order chi connectivity index (χ0) is 15.2. The number of carbonyl (C=O) groups excluding carboxylic acids is 1. The number of rotatable bonds is 4. The second-order valence-electron chi connectivity index (χ2n) is 4.63. The Morgan fingerprint density at radius 1 is 1.24 bits per heavy atom. The van der Waals surface area contributed by atoms with Gasteiger partial charge in [-0.2, -0.15) is 0 Å². The van der Waals surface area contributed by atoms with E-state index in [1.165, 1.54) is 0 Å². The topological polar surface area (TPSA) is 61.7 Å². The van der Waals surface area contributed by atoms with Gasteiger partial charge in [-0.25, -0.2) is 0 Å².